The van der Waals surface area contributed by atoms with Gasteiger partial charge in [-0.05, 0) is 0 Å². The number of allylic oxidation sites excluding steroid dienone is 6. The molecule has 0 aromatic carbocycles. The second-order valence-electron chi connectivity index (χ2n) is 14.4. The van der Waals surface area contributed by atoms with Crippen molar-refractivity contribution >= 4 is 17.3 Å². The number of aliphatic hydroxyl groups excluding tert-OH is 3. The molecule has 6 nitrogen and oxygen atoms in total. The van der Waals surface area contributed by atoms with Gasteiger partial charge in [-0.15, -0.1) is 0 Å². The van der Waals surface area contributed by atoms with E-state index >= 15 is 0 Å². The predicted molar refractivity (Wildman–Crippen MR) is 153 cm³/mol. The maximum absolute atomic E-state index is 12.9. The van der Waals surface area contributed by atoms with Crippen LogP contribution in [0.15, 0.2) is 35.5 Å². The summed E-state index contributed by atoms with van der Waals surface area (Å²) in [7, 11) is 0. The number of alkyl halides is 21. The van der Waals surface area contributed by atoms with Crippen LogP contribution in [0.4, 0.5) is 92.2 Å². The van der Waals surface area contributed by atoms with E-state index in [1.807, 2.05) is 0 Å². The second kappa shape index (κ2) is 19.0. The van der Waals surface area contributed by atoms with Gasteiger partial charge in [-0.25, -0.2) is 0 Å². The smallest absolute Gasteiger partial charge is 0.460 e. The van der Waals surface area contributed by atoms with Crippen LogP contribution in [0, 0.1) is 54.4 Å². The van der Waals surface area contributed by atoms with Crippen LogP contribution in [0.3, 0.4) is 0 Å². The molecule has 0 bridgehead atoms. The zero-order chi connectivity index (χ0) is 47.6. The van der Waals surface area contributed by atoms with Gasteiger partial charge in [0.15, 0.2) is 0 Å². The molecule has 0 aliphatic rings. The molecule has 0 aliphatic heterocycles. The molecule has 28 heteroatoms. The Balaban J connectivity index is -0.000000374. The third-order valence-corrected chi connectivity index (χ3v) is 6.29. The van der Waals surface area contributed by atoms with Crippen LogP contribution in [0.1, 0.15) is 62.3 Å². The molecule has 346 valence electrons. The van der Waals surface area contributed by atoms with Gasteiger partial charge in [0.05, 0.1) is 0 Å². The van der Waals surface area contributed by atoms with Crippen molar-refractivity contribution in [3.63, 3.8) is 0 Å². The van der Waals surface area contributed by atoms with E-state index in [1.54, 1.807) is 0 Å². The molecular weight excluding hydrogens is 1020 g/mol. The monoisotopic (exact) mass is 1050 g/mol. The fourth-order valence-corrected chi connectivity index (χ4v) is 2.29. The molecular formula is C30H33DyF21O6. The number of aliphatic hydroxyl groups is 3. The summed E-state index contributed by atoms with van der Waals surface area (Å²) >= 11 is 0. The first-order chi connectivity index (χ1) is 24.1. The summed E-state index contributed by atoms with van der Waals surface area (Å²) in [6.07, 6.45) is -20.7. The summed E-state index contributed by atoms with van der Waals surface area (Å²) in [5.74, 6) is -49.1. The Bertz CT molecular complexity index is 1350. The van der Waals surface area contributed by atoms with Crippen LogP contribution in [0.5, 0.6) is 0 Å². The summed E-state index contributed by atoms with van der Waals surface area (Å²) in [4.78, 5) is 32.5. The second-order valence-corrected chi connectivity index (χ2v) is 14.4. The minimum absolute atomic E-state index is 0. The molecule has 0 aromatic heterocycles. The Morgan fingerprint density at radius 2 is 0.448 bits per heavy atom. The quantitative estimate of drug-likeness (QED) is 0.120. The van der Waals surface area contributed by atoms with E-state index in [4.69, 9.17) is 15.3 Å². The van der Waals surface area contributed by atoms with Crippen LogP contribution in [-0.2, 0) is 14.4 Å². The summed E-state index contributed by atoms with van der Waals surface area (Å²) in [6, 6.07) is 0. The fourth-order valence-electron chi connectivity index (χ4n) is 2.29. The number of carbonyl (C=O) groups is 3. The minimum Gasteiger partial charge on any atom is -0.512 e. The Morgan fingerprint density at radius 1 is 0.328 bits per heavy atom. The number of rotatable bonds is 9. The van der Waals surface area contributed by atoms with Gasteiger partial charge in [0.25, 0.3) is 0 Å². The van der Waals surface area contributed by atoms with Gasteiger partial charge in [0.2, 0.25) is 17.3 Å². The molecule has 0 radical (unpaired) electrons. The largest absolute Gasteiger partial charge is 0.512 e. The molecule has 0 aliphatic carbocycles. The first kappa shape index (κ1) is 62.1. The normalized spacial score (nSPS) is 15.3. The van der Waals surface area contributed by atoms with Crippen LogP contribution in [0.2, 0.25) is 0 Å². The first-order valence-electron chi connectivity index (χ1n) is 14.5. The number of halogens is 21. The van der Waals surface area contributed by atoms with E-state index in [2.05, 4.69) is 0 Å². The molecule has 0 amide bonds. The van der Waals surface area contributed by atoms with Gasteiger partial charge in [-0.3, -0.25) is 14.4 Å². The van der Waals surface area contributed by atoms with Crippen LogP contribution >= 0.6 is 0 Å². The Morgan fingerprint density at radius 3 is 0.534 bits per heavy atom. The predicted octanol–water partition coefficient (Wildman–Crippen LogP) is 11.6. The van der Waals surface area contributed by atoms with Crippen molar-refractivity contribution in [3.05, 3.63) is 35.5 Å². The molecule has 0 spiro atoms. The maximum Gasteiger partial charge on any atom is 0.460 e. The van der Waals surface area contributed by atoms with Crippen molar-refractivity contribution in [1.82, 2.24) is 0 Å². The van der Waals surface area contributed by atoms with E-state index in [1.165, 1.54) is 62.3 Å². The van der Waals surface area contributed by atoms with Crippen molar-refractivity contribution in [1.29, 1.82) is 0 Å². The number of ketones is 3. The van der Waals surface area contributed by atoms with E-state index in [9.17, 15) is 107 Å². The molecule has 0 rings (SSSR count). The zero-order valence-corrected chi connectivity index (χ0v) is 32.6. The molecule has 0 fully saturated rings. The van der Waals surface area contributed by atoms with Gasteiger partial charge in [-0.2, -0.15) is 92.2 Å². The third-order valence-electron chi connectivity index (χ3n) is 6.29. The van der Waals surface area contributed by atoms with Crippen LogP contribution in [0.25, 0.3) is 0 Å². The zero-order valence-electron chi connectivity index (χ0n) is 30.6. The van der Waals surface area contributed by atoms with Crippen LogP contribution < -0.4 is 0 Å². The SMILES string of the molecule is CC(C)(C)/C(O)=C/C(=O)C(F)(F)C(F)(F)C(F)(F)F.CC(C)(C)/C(O)=C/C(=O)C(F)(F)C(F)(F)C(F)(F)F.CC(C)(C)/C(O)=C\C(=O)C(F)(F)C(F)(F)C(F)(F)F.[Dy]. The van der Waals surface area contributed by atoms with E-state index in [-0.39, 0.29) is 56.4 Å². The van der Waals surface area contributed by atoms with Crippen molar-refractivity contribution in [2.24, 2.45) is 16.2 Å². The van der Waals surface area contributed by atoms with Crippen molar-refractivity contribution < 1.29 is 160 Å². The summed E-state index contributed by atoms with van der Waals surface area (Å²) in [6.45, 7) is 11.2. The van der Waals surface area contributed by atoms with E-state index in [0.717, 1.165) is 0 Å². The topological polar surface area (TPSA) is 112 Å². The Hall–Kier alpha value is -2.57. The molecule has 3 N–H and O–H groups in total. The molecule has 0 unspecified atom stereocenters. The summed E-state index contributed by atoms with van der Waals surface area (Å²) in [5, 5.41) is 27.5. The molecule has 0 saturated carbocycles. The van der Waals surface area contributed by atoms with Gasteiger partial charge >= 0.3 is 54.1 Å². The Kier molecular flexibility index (Phi) is 20.3. The van der Waals surface area contributed by atoms with Gasteiger partial charge < -0.3 is 15.3 Å². The summed E-state index contributed by atoms with van der Waals surface area (Å²) in [5.41, 5.74) is -3.75. The minimum atomic E-state index is -6.59. The third kappa shape index (κ3) is 14.9. The number of carbonyl (C=O) groups excluding carboxylic acids is 3. The first-order valence-corrected chi connectivity index (χ1v) is 14.5. The number of hydrogen-bond donors (Lipinski definition) is 3. The Labute approximate surface area is 344 Å². The van der Waals surface area contributed by atoms with Gasteiger partial charge in [0, 0.05) is 72.6 Å². The number of hydrogen-bond acceptors (Lipinski definition) is 6. The average Bonchev–Trinajstić information content (AvgIpc) is 2.93. The molecule has 58 heavy (non-hydrogen) atoms. The molecule has 0 atom stereocenters. The summed E-state index contributed by atoms with van der Waals surface area (Å²) < 4.78 is 258. The average molecular weight is 1050 g/mol. The van der Waals surface area contributed by atoms with Gasteiger partial charge in [0.1, 0.15) is 17.3 Å². The fraction of sp³-hybridized carbons (Fsp3) is 0.700. The molecule has 0 aromatic rings. The van der Waals surface area contributed by atoms with E-state index < -0.39 is 105 Å². The standard InChI is InChI=1S/3C10H11F7O2.Dy/c3*1-7(2,3)5(18)4-6(19)8(11,12)9(13,14)10(15,16)17;/h3*4,18H,1-3H3;/b5-4+;2*5-4-;. The van der Waals surface area contributed by atoms with Crippen molar-refractivity contribution in [2.75, 3.05) is 0 Å². The maximum atomic E-state index is 12.9. The molecule has 0 heterocycles. The van der Waals surface area contributed by atoms with E-state index in [0.29, 0.717) is 0 Å². The van der Waals surface area contributed by atoms with Gasteiger partial charge in [-0.1, -0.05) is 62.3 Å². The van der Waals surface area contributed by atoms with Crippen LogP contribution in [-0.4, -0.2) is 86.7 Å². The molecule has 0 saturated heterocycles. The van der Waals surface area contributed by atoms with Crippen molar-refractivity contribution in [2.45, 2.75) is 116 Å². The van der Waals surface area contributed by atoms with Crippen molar-refractivity contribution in [3.8, 4) is 0 Å².